The van der Waals surface area contributed by atoms with Crippen LogP contribution in [0.3, 0.4) is 0 Å². The highest BCUT2D eigenvalue weighted by molar-refractivity contribution is 7.52. The average molecular weight is 246 g/mol. The zero-order valence-corrected chi connectivity index (χ0v) is 9.03. The molecule has 0 atom stereocenters. The number of hydrogen-bond donors (Lipinski definition) is 4. The summed E-state index contributed by atoms with van der Waals surface area (Å²) in [5.41, 5.74) is 0. The molecular formula is C5H12O7P2. The number of carbonyl (C=O) groups excluding carboxylic acids is 1. The van der Waals surface area contributed by atoms with Crippen molar-refractivity contribution in [3.8, 4) is 0 Å². The smallest absolute Gasteiger partial charge is 0.324 e. The Hall–Kier alpha value is -0.0300. The summed E-state index contributed by atoms with van der Waals surface area (Å²) in [6.07, 6.45) is -1.60. The molecule has 0 amide bonds. The first-order valence-corrected chi connectivity index (χ1v) is 7.30. The van der Waals surface area contributed by atoms with Crippen molar-refractivity contribution >= 4 is 21.0 Å². The van der Waals surface area contributed by atoms with E-state index in [4.69, 9.17) is 19.6 Å². The van der Waals surface area contributed by atoms with Crippen LogP contribution in [-0.4, -0.2) is 37.7 Å². The van der Waals surface area contributed by atoms with Gasteiger partial charge in [0, 0.05) is 6.42 Å². The topological polar surface area (TPSA) is 132 Å². The lowest BCUT2D eigenvalue weighted by atomic mass is 10.2. The Morgan fingerprint density at radius 2 is 1.50 bits per heavy atom. The Morgan fingerprint density at radius 1 is 1.00 bits per heavy atom. The molecular weight excluding hydrogens is 234 g/mol. The van der Waals surface area contributed by atoms with Gasteiger partial charge in [-0.3, -0.25) is 13.9 Å². The molecule has 0 aliphatic carbocycles. The summed E-state index contributed by atoms with van der Waals surface area (Å²) in [6.45, 7) is 0. The van der Waals surface area contributed by atoms with Crippen molar-refractivity contribution in [1.82, 2.24) is 0 Å². The van der Waals surface area contributed by atoms with Gasteiger partial charge in [-0.2, -0.15) is 0 Å². The molecule has 0 bridgehead atoms. The van der Waals surface area contributed by atoms with Gasteiger partial charge in [-0.15, -0.1) is 0 Å². The first-order chi connectivity index (χ1) is 6.10. The standard InChI is InChI=1S/C5H12O7P2/c6-5(4-14(10,11)12)2-1-3-13(7,8)9/h1-4H2,(H2,7,8,9)(H2,10,11,12). The summed E-state index contributed by atoms with van der Waals surface area (Å²) in [5, 5.41) is 0. The van der Waals surface area contributed by atoms with Crippen LogP contribution in [0.5, 0.6) is 0 Å². The van der Waals surface area contributed by atoms with Crippen LogP contribution in [0.1, 0.15) is 12.8 Å². The van der Waals surface area contributed by atoms with Crippen LogP contribution in [0.25, 0.3) is 0 Å². The molecule has 0 aromatic heterocycles. The largest absolute Gasteiger partial charge is 0.332 e. The van der Waals surface area contributed by atoms with Crippen LogP contribution in [-0.2, 0) is 13.9 Å². The van der Waals surface area contributed by atoms with E-state index in [1.54, 1.807) is 0 Å². The summed E-state index contributed by atoms with van der Waals surface area (Å²) in [7, 11) is -8.47. The van der Waals surface area contributed by atoms with E-state index in [1.807, 2.05) is 0 Å². The molecule has 0 aliphatic rings. The minimum Gasteiger partial charge on any atom is -0.324 e. The molecule has 0 radical (unpaired) electrons. The van der Waals surface area contributed by atoms with E-state index in [9.17, 15) is 13.9 Å². The fourth-order valence-electron chi connectivity index (χ4n) is 0.791. The minimum atomic E-state index is -4.35. The Labute approximate surface area is 80.5 Å². The van der Waals surface area contributed by atoms with E-state index in [-0.39, 0.29) is 12.8 Å². The second-order valence-corrected chi connectivity index (χ2v) is 6.28. The highest BCUT2D eigenvalue weighted by Crippen LogP contribution is 2.37. The highest BCUT2D eigenvalue weighted by atomic mass is 31.2. The molecule has 0 saturated heterocycles. The molecule has 4 N–H and O–H groups in total. The maximum absolute atomic E-state index is 10.8. The van der Waals surface area contributed by atoms with Gasteiger partial charge in [0.15, 0.2) is 0 Å². The van der Waals surface area contributed by atoms with Crippen molar-refractivity contribution in [2.75, 3.05) is 12.3 Å². The fourth-order valence-corrected chi connectivity index (χ4v) is 1.98. The van der Waals surface area contributed by atoms with Crippen molar-refractivity contribution < 1.29 is 33.5 Å². The third-order valence-corrected chi connectivity index (χ3v) is 2.95. The molecule has 0 fully saturated rings. The molecule has 0 aliphatic heterocycles. The minimum absolute atomic E-state index is 0.0664. The Kier molecular flexibility index (Phi) is 5.15. The maximum atomic E-state index is 10.8. The van der Waals surface area contributed by atoms with Gasteiger partial charge in [0.2, 0.25) is 0 Å². The summed E-state index contributed by atoms with van der Waals surface area (Å²) < 4.78 is 20.6. The number of Topliss-reactive ketones (excluding diaryl/α,β-unsaturated/α-hetero) is 1. The van der Waals surface area contributed by atoms with Gasteiger partial charge in [0.25, 0.3) is 0 Å². The lowest BCUT2D eigenvalue weighted by Crippen LogP contribution is -2.05. The lowest BCUT2D eigenvalue weighted by Gasteiger charge is -2.04. The predicted molar refractivity (Wildman–Crippen MR) is 48.1 cm³/mol. The Balaban J connectivity index is 3.77. The average Bonchev–Trinajstić information content (AvgIpc) is 1.78. The van der Waals surface area contributed by atoms with E-state index < -0.39 is 33.3 Å². The molecule has 84 valence electrons. The van der Waals surface area contributed by atoms with Gasteiger partial charge in [-0.05, 0) is 6.42 Å². The Morgan fingerprint density at radius 3 is 1.86 bits per heavy atom. The van der Waals surface area contributed by atoms with E-state index >= 15 is 0 Å². The highest BCUT2D eigenvalue weighted by Gasteiger charge is 2.20. The number of hydrogen-bond acceptors (Lipinski definition) is 3. The number of carbonyl (C=O) groups is 1. The van der Waals surface area contributed by atoms with Gasteiger partial charge in [0.05, 0.1) is 6.16 Å². The van der Waals surface area contributed by atoms with Gasteiger partial charge >= 0.3 is 15.2 Å². The van der Waals surface area contributed by atoms with Crippen LogP contribution < -0.4 is 0 Å². The Bertz CT molecular complexity index is 286. The zero-order valence-electron chi connectivity index (χ0n) is 7.24. The molecule has 0 aromatic rings. The second-order valence-electron chi connectivity index (χ2n) is 2.85. The fraction of sp³-hybridized carbons (Fsp3) is 0.800. The number of rotatable bonds is 6. The zero-order chi connectivity index (χ0) is 11.4. The van der Waals surface area contributed by atoms with E-state index in [0.717, 1.165) is 0 Å². The van der Waals surface area contributed by atoms with E-state index in [1.165, 1.54) is 0 Å². The summed E-state index contributed by atoms with van der Waals surface area (Å²) in [4.78, 5) is 44.4. The number of ketones is 1. The molecule has 9 heteroatoms. The van der Waals surface area contributed by atoms with Crippen LogP contribution >= 0.6 is 15.2 Å². The van der Waals surface area contributed by atoms with Crippen molar-refractivity contribution in [2.24, 2.45) is 0 Å². The van der Waals surface area contributed by atoms with Gasteiger partial charge in [-0.25, -0.2) is 0 Å². The first kappa shape index (κ1) is 14.0. The second kappa shape index (κ2) is 5.16. The third-order valence-electron chi connectivity index (χ3n) is 1.29. The summed E-state index contributed by atoms with van der Waals surface area (Å²) in [6, 6.07) is 0. The predicted octanol–water partition coefficient (Wildman–Crippen LogP) is -0.309. The lowest BCUT2D eigenvalue weighted by molar-refractivity contribution is -0.116. The van der Waals surface area contributed by atoms with Gasteiger partial charge < -0.3 is 19.6 Å². The normalized spacial score (nSPS) is 12.9. The molecule has 14 heavy (non-hydrogen) atoms. The van der Waals surface area contributed by atoms with Crippen molar-refractivity contribution in [3.63, 3.8) is 0 Å². The quantitative estimate of drug-likeness (QED) is 0.472. The molecule has 7 nitrogen and oxygen atoms in total. The van der Waals surface area contributed by atoms with Gasteiger partial charge in [-0.1, -0.05) is 0 Å². The maximum Gasteiger partial charge on any atom is 0.332 e. The third kappa shape index (κ3) is 10.1. The SMILES string of the molecule is O=C(CCCP(=O)(O)O)CP(=O)(O)O. The van der Waals surface area contributed by atoms with E-state index in [0.29, 0.717) is 0 Å². The molecule has 0 unspecified atom stereocenters. The summed E-state index contributed by atoms with van der Waals surface area (Å²) >= 11 is 0. The summed E-state index contributed by atoms with van der Waals surface area (Å²) in [5.74, 6) is -0.688. The van der Waals surface area contributed by atoms with Crippen LogP contribution in [0, 0.1) is 0 Å². The van der Waals surface area contributed by atoms with Gasteiger partial charge in [0.1, 0.15) is 11.9 Å². The molecule has 0 rings (SSSR count). The van der Waals surface area contributed by atoms with Crippen LogP contribution in [0.2, 0.25) is 0 Å². The first-order valence-electron chi connectivity index (χ1n) is 3.71. The van der Waals surface area contributed by atoms with Crippen molar-refractivity contribution in [1.29, 1.82) is 0 Å². The van der Waals surface area contributed by atoms with Crippen molar-refractivity contribution in [2.45, 2.75) is 12.8 Å². The molecule has 0 saturated carbocycles. The van der Waals surface area contributed by atoms with E-state index in [2.05, 4.69) is 0 Å². The monoisotopic (exact) mass is 246 g/mol. The molecule has 0 aromatic carbocycles. The molecule has 0 heterocycles. The van der Waals surface area contributed by atoms with Crippen LogP contribution in [0.4, 0.5) is 0 Å². The molecule has 0 spiro atoms. The van der Waals surface area contributed by atoms with Crippen LogP contribution in [0.15, 0.2) is 0 Å². The van der Waals surface area contributed by atoms with Crippen molar-refractivity contribution in [3.05, 3.63) is 0 Å².